The first-order valence-electron chi connectivity index (χ1n) is 7.94. The summed E-state index contributed by atoms with van der Waals surface area (Å²) in [4.78, 5) is 17.4. The summed E-state index contributed by atoms with van der Waals surface area (Å²) in [5, 5.41) is 3.67. The van der Waals surface area contributed by atoms with E-state index in [1.165, 1.54) is 16.9 Å². The molecule has 1 heterocycles. The number of hydrogen-bond donors (Lipinski definition) is 1. The van der Waals surface area contributed by atoms with Gasteiger partial charge in [-0.05, 0) is 43.5 Å². The highest BCUT2D eigenvalue weighted by Gasteiger charge is 2.53. The smallest absolute Gasteiger partial charge is 0.236 e. The SMILES string of the molecule is COc1ccccc1C1(C(=O)Nc2nc3ccc(C)cc3s2)CC1. The van der Waals surface area contributed by atoms with Gasteiger partial charge in [0.25, 0.3) is 0 Å². The molecule has 1 saturated carbocycles. The molecule has 24 heavy (non-hydrogen) atoms. The minimum Gasteiger partial charge on any atom is -0.496 e. The summed E-state index contributed by atoms with van der Waals surface area (Å²) >= 11 is 1.51. The largest absolute Gasteiger partial charge is 0.496 e. The van der Waals surface area contributed by atoms with Crippen molar-refractivity contribution in [2.75, 3.05) is 12.4 Å². The van der Waals surface area contributed by atoms with Gasteiger partial charge in [-0.3, -0.25) is 4.79 Å². The number of aromatic nitrogens is 1. The molecule has 4 rings (SSSR count). The van der Waals surface area contributed by atoms with Gasteiger partial charge in [-0.25, -0.2) is 4.98 Å². The molecule has 1 fully saturated rings. The second-order valence-electron chi connectivity index (χ2n) is 6.23. The summed E-state index contributed by atoms with van der Waals surface area (Å²) in [5.74, 6) is 0.771. The molecule has 0 bridgehead atoms. The number of nitrogens with one attached hydrogen (secondary N) is 1. The molecule has 0 aliphatic heterocycles. The molecule has 3 aromatic rings. The minimum absolute atomic E-state index is 0.00257. The van der Waals surface area contributed by atoms with E-state index < -0.39 is 5.41 Å². The molecular formula is C19H18N2O2S. The first-order valence-corrected chi connectivity index (χ1v) is 8.76. The van der Waals surface area contributed by atoms with Crippen molar-refractivity contribution in [2.24, 2.45) is 0 Å². The van der Waals surface area contributed by atoms with Gasteiger partial charge in [-0.1, -0.05) is 35.6 Å². The molecule has 0 spiro atoms. The fourth-order valence-corrected chi connectivity index (χ4v) is 4.04. The Labute approximate surface area is 144 Å². The molecule has 0 unspecified atom stereocenters. The average molecular weight is 338 g/mol. The van der Waals surface area contributed by atoms with E-state index in [4.69, 9.17) is 4.74 Å². The quantitative estimate of drug-likeness (QED) is 0.772. The zero-order valence-corrected chi connectivity index (χ0v) is 14.4. The number of ether oxygens (including phenoxy) is 1. The van der Waals surface area contributed by atoms with Crippen LogP contribution < -0.4 is 10.1 Å². The molecule has 4 nitrogen and oxygen atoms in total. The Hall–Kier alpha value is -2.40. The van der Waals surface area contributed by atoms with E-state index in [2.05, 4.69) is 23.3 Å². The molecule has 1 aliphatic carbocycles. The van der Waals surface area contributed by atoms with E-state index in [1.54, 1.807) is 7.11 Å². The third-order valence-electron chi connectivity index (χ3n) is 4.57. The first kappa shape index (κ1) is 15.1. The summed E-state index contributed by atoms with van der Waals surface area (Å²) in [7, 11) is 1.64. The monoisotopic (exact) mass is 338 g/mol. The highest BCUT2D eigenvalue weighted by atomic mass is 32.1. The highest BCUT2D eigenvalue weighted by Crippen LogP contribution is 2.52. The van der Waals surface area contributed by atoms with Crippen molar-refractivity contribution in [1.82, 2.24) is 4.98 Å². The van der Waals surface area contributed by atoms with Crippen LogP contribution in [-0.2, 0) is 10.2 Å². The summed E-state index contributed by atoms with van der Waals surface area (Å²) in [6.07, 6.45) is 1.67. The third-order valence-corrected chi connectivity index (χ3v) is 5.51. The summed E-state index contributed by atoms with van der Waals surface area (Å²) < 4.78 is 6.53. The first-order chi connectivity index (χ1) is 11.6. The lowest BCUT2D eigenvalue weighted by molar-refractivity contribution is -0.118. The van der Waals surface area contributed by atoms with Gasteiger partial charge in [0.05, 0.1) is 22.7 Å². The van der Waals surface area contributed by atoms with Crippen LogP contribution in [0, 0.1) is 6.92 Å². The standard InChI is InChI=1S/C19H18N2O2S/c1-12-7-8-14-16(11-12)24-18(20-14)21-17(22)19(9-10-19)13-5-3-4-6-15(13)23-2/h3-8,11H,9-10H2,1-2H3,(H,20,21,22). The average Bonchev–Trinajstić information content (AvgIpc) is 3.30. The Morgan fingerprint density at radius 3 is 2.79 bits per heavy atom. The maximum absolute atomic E-state index is 12.9. The third kappa shape index (κ3) is 2.45. The van der Waals surface area contributed by atoms with Gasteiger partial charge >= 0.3 is 0 Å². The summed E-state index contributed by atoms with van der Waals surface area (Å²) in [6, 6.07) is 13.9. The number of benzene rings is 2. The number of nitrogens with zero attached hydrogens (tertiary/aromatic N) is 1. The number of amides is 1. The Balaban J connectivity index is 1.63. The second kappa shape index (κ2) is 5.60. The van der Waals surface area contributed by atoms with Crippen molar-refractivity contribution in [1.29, 1.82) is 0 Å². The number of anilines is 1. The van der Waals surface area contributed by atoms with Gasteiger partial charge in [0.2, 0.25) is 5.91 Å². The van der Waals surface area contributed by atoms with Crippen LogP contribution in [0.3, 0.4) is 0 Å². The molecule has 2 aromatic carbocycles. The lowest BCUT2D eigenvalue weighted by Crippen LogP contribution is -2.28. The van der Waals surface area contributed by atoms with Crippen LogP contribution in [0.5, 0.6) is 5.75 Å². The Kier molecular flexibility index (Phi) is 3.53. The summed E-state index contributed by atoms with van der Waals surface area (Å²) in [5.41, 5.74) is 2.59. The van der Waals surface area contributed by atoms with Crippen LogP contribution >= 0.6 is 11.3 Å². The second-order valence-corrected chi connectivity index (χ2v) is 7.26. The maximum atomic E-state index is 12.9. The normalized spacial score (nSPS) is 15.2. The fraction of sp³-hybridized carbons (Fsp3) is 0.263. The Morgan fingerprint density at radius 1 is 1.25 bits per heavy atom. The van der Waals surface area contributed by atoms with E-state index >= 15 is 0 Å². The Bertz CT molecular complexity index is 928. The molecule has 5 heteroatoms. The zero-order valence-electron chi connectivity index (χ0n) is 13.6. The zero-order chi connectivity index (χ0) is 16.7. The van der Waals surface area contributed by atoms with Gasteiger partial charge in [-0.15, -0.1) is 0 Å². The van der Waals surface area contributed by atoms with Gasteiger partial charge in [-0.2, -0.15) is 0 Å². The van der Waals surface area contributed by atoms with Crippen molar-refractivity contribution in [3.8, 4) is 5.75 Å². The van der Waals surface area contributed by atoms with Crippen LogP contribution in [0.2, 0.25) is 0 Å². The molecule has 0 saturated heterocycles. The van der Waals surface area contributed by atoms with E-state index in [1.807, 2.05) is 36.4 Å². The number of fused-ring (bicyclic) bond motifs is 1. The number of para-hydroxylation sites is 1. The summed E-state index contributed by atoms with van der Waals surface area (Å²) in [6.45, 7) is 2.05. The van der Waals surface area contributed by atoms with Gasteiger partial charge < -0.3 is 10.1 Å². The Morgan fingerprint density at radius 2 is 2.04 bits per heavy atom. The molecule has 1 aromatic heterocycles. The van der Waals surface area contributed by atoms with Gasteiger partial charge in [0, 0.05) is 5.56 Å². The molecule has 122 valence electrons. The number of aryl methyl sites for hydroxylation is 1. The van der Waals surface area contributed by atoms with E-state index in [-0.39, 0.29) is 5.91 Å². The number of methoxy groups -OCH3 is 1. The lowest BCUT2D eigenvalue weighted by Gasteiger charge is -2.17. The topological polar surface area (TPSA) is 51.2 Å². The van der Waals surface area contributed by atoms with Crippen molar-refractivity contribution in [3.63, 3.8) is 0 Å². The molecule has 1 amide bonds. The van der Waals surface area contributed by atoms with Crippen LogP contribution in [0.25, 0.3) is 10.2 Å². The van der Waals surface area contributed by atoms with E-state index in [9.17, 15) is 4.79 Å². The molecule has 1 N–H and O–H groups in total. The van der Waals surface area contributed by atoms with E-state index in [0.29, 0.717) is 5.13 Å². The number of thiazole rings is 1. The molecule has 0 atom stereocenters. The van der Waals surface area contributed by atoms with Crippen molar-refractivity contribution in [2.45, 2.75) is 25.2 Å². The molecular weight excluding hydrogens is 320 g/mol. The highest BCUT2D eigenvalue weighted by molar-refractivity contribution is 7.22. The van der Waals surface area contributed by atoms with Crippen molar-refractivity contribution < 1.29 is 9.53 Å². The number of carbonyl (C=O) groups is 1. The van der Waals surface area contributed by atoms with Crippen LogP contribution in [0.1, 0.15) is 24.0 Å². The maximum Gasteiger partial charge on any atom is 0.236 e. The van der Waals surface area contributed by atoms with Crippen LogP contribution in [0.4, 0.5) is 5.13 Å². The van der Waals surface area contributed by atoms with Gasteiger partial charge in [0.15, 0.2) is 5.13 Å². The fourth-order valence-electron chi connectivity index (χ4n) is 3.09. The van der Waals surface area contributed by atoms with E-state index in [0.717, 1.165) is 34.4 Å². The molecule has 0 radical (unpaired) electrons. The van der Waals surface area contributed by atoms with Crippen LogP contribution in [0.15, 0.2) is 42.5 Å². The number of rotatable bonds is 4. The molecule has 1 aliphatic rings. The number of hydrogen-bond acceptors (Lipinski definition) is 4. The number of carbonyl (C=O) groups excluding carboxylic acids is 1. The predicted octanol–water partition coefficient (Wildman–Crippen LogP) is 4.28. The lowest BCUT2D eigenvalue weighted by atomic mass is 9.94. The van der Waals surface area contributed by atoms with Crippen LogP contribution in [-0.4, -0.2) is 18.0 Å². The van der Waals surface area contributed by atoms with Gasteiger partial charge in [0.1, 0.15) is 5.75 Å². The van der Waals surface area contributed by atoms with Crippen molar-refractivity contribution in [3.05, 3.63) is 53.6 Å². The van der Waals surface area contributed by atoms with Crippen molar-refractivity contribution >= 4 is 32.6 Å². The predicted molar refractivity (Wildman–Crippen MR) is 96.9 cm³/mol. The minimum atomic E-state index is -0.486.